The Balaban J connectivity index is 0.000000187. The van der Waals surface area contributed by atoms with E-state index in [1.807, 2.05) is 0 Å². The zero-order valence-electron chi connectivity index (χ0n) is 8.10. The average Bonchev–Trinajstić information content (AvgIpc) is 2.95. The molecule has 0 saturated carbocycles. The number of nitrogens with one attached hydrogen (secondary N) is 2. The largest absolute Gasteiger partial charge is 0.385 e. The summed E-state index contributed by atoms with van der Waals surface area (Å²) in [5, 5.41) is 9.23. The van der Waals surface area contributed by atoms with Crippen molar-refractivity contribution >= 4 is 11.6 Å². The van der Waals surface area contributed by atoms with E-state index in [0.717, 1.165) is 0 Å². The van der Waals surface area contributed by atoms with Crippen LogP contribution < -0.4 is 0 Å². The van der Waals surface area contributed by atoms with Crippen molar-refractivity contribution in [2.45, 2.75) is 12.5 Å². The van der Waals surface area contributed by atoms with Gasteiger partial charge < -0.3 is 15.1 Å². The summed E-state index contributed by atoms with van der Waals surface area (Å²) in [4.78, 5) is 13.1. The summed E-state index contributed by atoms with van der Waals surface area (Å²) in [5.74, 6) is 1.03. The molecule has 6 heteroatoms. The van der Waals surface area contributed by atoms with Gasteiger partial charge in [0.2, 0.25) is 0 Å². The third-order valence-electron chi connectivity index (χ3n) is 1.62. The molecule has 0 aromatic carbocycles. The van der Waals surface area contributed by atoms with Gasteiger partial charge in [-0.3, -0.25) is 0 Å². The molecule has 1 unspecified atom stereocenters. The number of aliphatic hydroxyl groups is 1. The topological polar surface area (TPSA) is 77.6 Å². The van der Waals surface area contributed by atoms with Crippen LogP contribution in [0.15, 0.2) is 31.1 Å². The minimum absolute atomic E-state index is 0.446. The SMILES string of the molecule is OC(CCCl)c1ncc[nH]1.c1c[nH]cn1. The van der Waals surface area contributed by atoms with E-state index in [2.05, 4.69) is 19.9 Å². The molecular weight excluding hydrogens is 216 g/mol. The minimum atomic E-state index is -0.549. The van der Waals surface area contributed by atoms with Gasteiger partial charge in [-0.2, -0.15) is 0 Å². The number of H-pyrrole nitrogens is 2. The lowest BCUT2D eigenvalue weighted by Gasteiger charge is -2.02. The molecule has 82 valence electrons. The zero-order valence-corrected chi connectivity index (χ0v) is 8.85. The van der Waals surface area contributed by atoms with Gasteiger partial charge in [0.25, 0.3) is 0 Å². The van der Waals surface area contributed by atoms with E-state index < -0.39 is 6.10 Å². The summed E-state index contributed by atoms with van der Waals surface area (Å²) < 4.78 is 0. The van der Waals surface area contributed by atoms with Gasteiger partial charge in [0.05, 0.1) is 6.33 Å². The molecule has 0 aliphatic rings. The monoisotopic (exact) mass is 228 g/mol. The first-order valence-electron chi connectivity index (χ1n) is 4.50. The van der Waals surface area contributed by atoms with Crippen LogP contribution in [0.3, 0.4) is 0 Å². The number of rotatable bonds is 3. The van der Waals surface area contributed by atoms with Crippen LogP contribution in [-0.4, -0.2) is 30.9 Å². The van der Waals surface area contributed by atoms with E-state index in [0.29, 0.717) is 18.1 Å². The van der Waals surface area contributed by atoms with Gasteiger partial charge in [-0.05, 0) is 6.42 Å². The van der Waals surface area contributed by atoms with Crippen LogP contribution in [0.1, 0.15) is 18.3 Å². The molecule has 0 aliphatic heterocycles. The van der Waals surface area contributed by atoms with Gasteiger partial charge in [0, 0.05) is 30.7 Å². The number of aliphatic hydroxyl groups excluding tert-OH is 1. The number of alkyl halides is 1. The summed E-state index contributed by atoms with van der Waals surface area (Å²) in [6.45, 7) is 0. The third-order valence-corrected chi connectivity index (χ3v) is 1.84. The molecule has 2 aromatic rings. The lowest BCUT2D eigenvalue weighted by Crippen LogP contribution is -1.99. The second-order valence-electron chi connectivity index (χ2n) is 2.73. The molecule has 2 rings (SSSR count). The van der Waals surface area contributed by atoms with Crippen molar-refractivity contribution < 1.29 is 5.11 Å². The van der Waals surface area contributed by atoms with Gasteiger partial charge >= 0.3 is 0 Å². The summed E-state index contributed by atoms with van der Waals surface area (Å²) in [5.41, 5.74) is 0. The van der Waals surface area contributed by atoms with Crippen LogP contribution in [0.5, 0.6) is 0 Å². The Bertz CT molecular complexity index is 305. The highest BCUT2D eigenvalue weighted by Gasteiger charge is 2.07. The number of aromatic nitrogens is 4. The number of hydrogen-bond acceptors (Lipinski definition) is 3. The standard InChI is InChI=1S/C6H9ClN2O.C3H4N2/c7-2-1-5(10)6-8-3-4-9-6;1-2-5-3-4-1/h3-5,10H,1-2H2,(H,8,9);1-3H,(H,4,5). The molecule has 3 N–H and O–H groups in total. The van der Waals surface area contributed by atoms with E-state index in [1.165, 1.54) is 0 Å². The molecule has 0 aliphatic carbocycles. The minimum Gasteiger partial charge on any atom is -0.385 e. The van der Waals surface area contributed by atoms with Crippen molar-refractivity contribution in [3.8, 4) is 0 Å². The second-order valence-corrected chi connectivity index (χ2v) is 3.11. The van der Waals surface area contributed by atoms with Crippen LogP contribution in [0, 0.1) is 0 Å². The maximum absolute atomic E-state index is 9.23. The molecule has 0 bridgehead atoms. The van der Waals surface area contributed by atoms with E-state index >= 15 is 0 Å². The van der Waals surface area contributed by atoms with Crippen molar-refractivity contribution in [3.05, 3.63) is 36.9 Å². The smallest absolute Gasteiger partial charge is 0.135 e. The zero-order chi connectivity index (χ0) is 10.9. The van der Waals surface area contributed by atoms with Gasteiger partial charge in [-0.15, -0.1) is 11.6 Å². The van der Waals surface area contributed by atoms with Gasteiger partial charge in [0.1, 0.15) is 11.9 Å². The Labute approximate surface area is 92.5 Å². The molecule has 15 heavy (non-hydrogen) atoms. The molecule has 0 radical (unpaired) electrons. The van der Waals surface area contributed by atoms with E-state index in [4.69, 9.17) is 11.6 Å². The number of imidazole rings is 2. The molecule has 5 nitrogen and oxygen atoms in total. The summed E-state index contributed by atoms with van der Waals surface area (Å²) in [6, 6.07) is 0. The fourth-order valence-corrected chi connectivity index (χ4v) is 1.12. The van der Waals surface area contributed by atoms with Crippen molar-refractivity contribution in [1.29, 1.82) is 0 Å². The van der Waals surface area contributed by atoms with Gasteiger partial charge in [-0.1, -0.05) is 0 Å². The summed E-state index contributed by atoms with van der Waals surface area (Å²) in [6.07, 6.45) is 8.35. The fourth-order valence-electron chi connectivity index (χ4n) is 0.915. The number of hydrogen-bond donors (Lipinski definition) is 3. The van der Waals surface area contributed by atoms with Crippen LogP contribution in [0.2, 0.25) is 0 Å². The highest BCUT2D eigenvalue weighted by Crippen LogP contribution is 2.10. The van der Waals surface area contributed by atoms with Crippen molar-refractivity contribution in [1.82, 2.24) is 19.9 Å². The first-order chi connectivity index (χ1) is 7.34. The Morgan fingerprint density at radius 2 is 2.27 bits per heavy atom. The summed E-state index contributed by atoms with van der Waals surface area (Å²) >= 11 is 5.41. The molecular formula is C9H13ClN4O. The van der Waals surface area contributed by atoms with Crippen LogP contribution in [-0.2, 0) is 0 Å². The normalized spacial score (nSPS) is 11.6. The fraction of sp³-hybridized carbons (Fsp3) is 0.333. The second kappa shape index (κ2) is 7.03. The highest BCUT2D eigenvalue weighted by atomic mass is 35.5. The maximum atomic E-state index is 9.23. The molecule has 2 heterocycles. The first-order valence-corrected chi connectivity index (χ1v) is 5.04. The van der Waals surface area contributed by atoms with Crippen molar-refractivity contribution in [2.75, 3.05) is 5.88 Å². The quantitative estimate of drug-likeness (QED) is 0.697. The first kappa shape index (κ1) is 11.7. The molecule has 0 amide bonds. The van der Waals surface area contributed by atoms with Crippen molar-refractivity contribution in [2.24, 2.45) is 0 Å². The maximum Gasteiger partial charge on any atom is 0.135 e. The van der Waals surface area contributed by atoms with Crippen molar-refractivity contribution in [3.63, 3.8) is 0 Å². The number of halogens is 1. The highest BCUT2D eigenvalue weighted by molar-refractivity contribution is 6.17. The van der Waals surface area contributed by atoms with E-state index in [1.54, 1.807) is 31.1 Å². The van der Waals surface area contributed by atoms with Gasteiger partial charge in [-0.25, -0.2) is 9.97 Å². The Morgan fingerprint density at radius 1 is 1.40 bits per heavy atom. The third kappa shape index (κ3) is 4.62. The predicted octanol–water partition coefficient (Wildman–Crippen LogP) is 1.48. The summed E-state index contributed by atoms with van der Waals surface area (Å²) in [7, 11) is 0. The van der Waals surface area contributed by atoms with E-state index in [-0.39, 0.29) is 0 Å². The van der Waals surface area contributed by atoms with Crippen LogP contribution in [0.25, 0.3) is 0 Å². The molecule has 0 spiro atoms. The lowest BCUT2D eigenvalue weighted by molar-refractivity contribution is 0.165. The molecule has 1 atom stereocenters. The average molecular weight is 229 g/mol. The van der Waals surface area contributed by atoms with Gasteiger partial charge in [0.15, 0.2) is 0 Å². The Hall–Kier alpha value is -1.33. The number of aromatic amines is 2. The number of nitrogens with zero attached hydrogens (tertiary/aromatic N) is 2. The van der Waals surface area contributed by atoms with Crippen LogP contribution >= 0.6 is 11.6 Å². The molecule has 0 saturated heterocycles. The Morgan fingerprint density at radius 3 is 2.67 bits per heavy atom. The predicted molar refractivity (Wildman–Crippen MR) is 57.5 cm³/mol. The Kier molecular flexibility index (Phi) is 5.50. The molecule has 0 fully saturated rings. The van der Waals surface area contributed by atoms with Crippen LogP contribution in [0.4, 0.5) is 0 Å². The molecule has 2 aromatic heterocycles. The lowest BCUT2D eigenvalue weighted by atomic mass is 10.3. The van der Waals surface area contributed by atoms with E-state index in [9.17, 15) is 5.11 Å².